The van der Waals surface area contributed by atoms with Gasteiger partial charge in [0.15, 0.2) is 6.61 Å². The Bertz CT molecular complexity index is 862. The van der Waals surface area contributed by atoms with Gasteiger partial charge in [-0.25, -0.2) is 4.79 Å². The molecular formula is C22H26N2O5. The van der Waals surface area contributed by atoms with Gasteiger partial charge in [0.2, 0.25) is 0 Å². The van der Waals surface area contributed by atoms with E-state index >= 15 is 0 Å². The molecule has 1 heterocycles. The van der Waals surface area contributed by atoms with Crippen molar-refractivity contribution in [2.75, 3.05) is 32.9 Å². The summed E-state index contributed by atoms with van der Waals surface area (Å²) in [6.07, 6.45) is 0. The number of benzene rings is 2. The van der Waals surface area contributed by atoms with E-state index < -0.39 is 18.5 Å². The molecule has 0 bridgehead atoms. The molecule has 0 spiro atoms. The molecule has 2 N–H and O–H groups in total. The number of morpholine rings is 1. The molecule has 7 heteroatoms. The zero-order valence-corrected chi connectivity index (χ0v) is 16.5. The van der Waals surface area contributed by atoms with Gasteiger partial charge in [-0.05, 0) is 35.7 Å². The molecule has 2 aromatic rings. The molecule has 0 radical (unpaired) electrons. The first kappa shape index (κ1) is 20.8. The lowest BCUT2D eigenvalue weighted by Crippen LogP contribution is -2.36. The van der Waals surface area contributed by atoms with Crippen LogP contribution < -0.4 is 5.32 Å². The molecule has 1 saturated heterocycles. The van der Waals surface area contributed by atoms with E-state index in [9.17, 15) is 14.7 Å². The summed E-state index contributed by atoms with van der Waals surface area (Å²) in [4.78, 5) is 26.5. The largest absolute Gasteiger partial charge is 0.507 e. The Morgan fingerprint density at radius 1 is 1.14 bits per heavy atom. The second-order valence-electron chi connectivity index (χ2n) is 7.03. The van der Waals surface area contributed by atoms with Crippen LogP contribution in [0.15, 0.2) is 42.5 Å². The quantitative estimate of drug-likeness (QED) is 0.694. The lowest BCUT2D eigenvalue weighted by Gasteiger charge is -2.27. The molecule has 0 aliphatic carbocycles. The Morgan fingerprint density at radius 2 is 1.86 bits per heavy atom. The predicted octanol–water partition coefficient (Wildman–Crippen LogP) is 2.01. The van der Waals surface area contributed by atoms with Gasteiger partial charge >= 0.3 is 5.97 Å². The number of ether oxygens (including phenoxy) is 2. The van der Waals surface area contributed by atoms with Gasteiger partial charge in [-0.2, -0.15) is 0 Å². The van der Waals surface area contributed by atoms with Gasteiger partial charge < -0.3 is 19.9 Å². The topological polar surface area (TPSA) is 88.1 Å². The number of phenolic OH excluding ortho intramolecular Hbond substituents is 1. The zero-order chi connectivity index (χ0) is 20.6. The van der Waals surface area contributed by atoms with Crippen molar-refractivity contribution >= 4 is 11.9 Å². The number of hydrogen-bond acceptors (Lipinski definition) is 6. The van der Waals surface area contributed by atoms with E-state index in [1.165, 1.54) is 12.1 Å². The number of carbonyl (C=O) groups excluding carboxylic acids is 2. The van der Waals surface area contributed by atoms with Crippen molar-refractivity contribution in [3.05, 3.63) is 64.7 Å². The Kier molecular flexibility index (Phi) is 7.21. The van der Waals surface area contributed by atoms with E-state index in [-0.39, 0.29) is 11.3 Å². The van der Waals surface area contributed by atoms with Crippen LogP contribution in [0.25, 0.3) is 0 Å². The Hall–Kier alpha value is -2.90. The minimum Gasteiger partial charge on any atom is -0.507 e. The number of nitrogens with one attached hydrogen (secondary N) is 1. The second-order valence-corrected chi connectivity index (χ2v) is 7.03. The third-order valence-electron chi connectivity index (χ3n) is 4.80. The normalized spacial score (nSPS) is 14.4. The van der Waals surface area contributed by atoms with Crippen molar-refractivity contribution in [3.8, 4) is 5.75 Å². The molecule has 3 rings (SSSR count). The summed E-state index contributed by atoms with van der Waals surface area (Å²) in [5.41, 5.74) is 3.04. The lowest BCUT2D eigenvalue weighted by molar-refractivity contribution is -0.124. The first-order valence-electron chi connectivity index (χ1n) is 9.63. The minimum atomic E-state index is -0.731. The number of nitrogens with zero attached hydrogens (tertiary/aromatic N) is 1. The summed E-state index contributed by atoms with van der Waals surface area (Å²) in [5.74, 6) is -1.29. The van der Waals surface area contributed by atoms with E-state index in [1.807, 2.05) is 18.2 Å². The molecule has 1 aliphatic heterocycles. The van der Waals surface area contributed by atoms with Gasteiger partial charge in [0.25, 0.3) is 5.91 Å². The van der Waals surface area contributed by atoms with E-state index in [2.05, 4.69) is 16.3 Å². The fourth-order valence-corrected chi connectivity index (χ4v) is 3.15. The number of amides is 1. The van der Waals surface area contributed by atoms with Crippen molar-refractivity contribution in [2.24, 2.45) is 0 Å². The molecule has 154 valence electrons. The Balaban J connectivity index is 1.49. The van der Waals surface area contributed by atoms with Crippen molar-refractivity contribution in [1.82, 2.24) is 10.2 Å². The smallest absolute Gasteiger partial charge is 0.342 e. The number of esters is 1. The Morgan fingerprint density at radius 3 is 2.59 bits per heavy atom. The molecule has 1 fully saturated rings. The molecule has 0 unspecified atom stereocenters. The first-order valence-corrected chi connectivity index (χ1v) is 9.63. The standard InChI is InChI=1S/C22H26N2O5/c1-16-6-7-19(20(25)12-16)22(27)29-15-21(26)23-13-17-4-2-3-5-18(17)14-24-8-10-28-11-9-24/h2-7,12,25H,8-11,13-15H2,1H3,(H,23,26). The molecule has 0 atom stereocenters. The summed E-state index contributed by atoms with van der Waals surface area (Å²) in [6, 6.07) is 12.6. The van der Waals surface area contributed by atoms with E-state index in [0.717, 1.165) is 49.5 Å². The third kappa shape index (κ3) is 6.04. The van der Waals surface area contributed by atoms with Crippen LogP contribution in [0.5, 0.6) is 5.75 Å². The van der Waals surface area contributed by atoms with Gasteiger partial charge in [-0.1, -0.05) is 30.3 Å². The van der Waals surface area contributed by atoms with Gasteiger partial charge in [0, 0.05) is 26.2 Å². The lowest BCUT2D eigenvalue weighted by atomic mass is 10.1. The summed E-state index contributed by atoms with van der Waals surface area (Å²) < 4.78 is 10.4. The number of aromatic hydroxyl groups is 1. The predicted molar refractivity (Wildman–Crippen MR) is 108 cm³/mol. The summed E-state index contributed by atoms with van der Waals surface area (Å²) >= 11 is 0. The summed E-state index contributed by atoms with van der Waals surface area (Å²) in [6.45, 7) is 5.81. The fourth-order valence-electron chi connectivity index (χ4n) is 3.15. The van der Waals surface area contributed by atoms with Crippen molar-refractivity contribution in [1.29, 1.82) is 0 Å². The monoisotopic (exact) mass is 398 g/mol. The minimum absolute atomic E-state index is 0.0410. The number of phenols is 1. The molecule has 1 aliphatic rings. The van der Waals surface area contributed by atoms with Crippen LogP contribution in [-0.2, 0) is 27.4 Å². The first-order chi connectivity index (χ1) is 14.0. The Labute approximate surface area is 170 Å². The highest BCUT2D eigenvalue weighted by molar-refractivity contribution is 5.93. The maximum Gasteiger partial charge on any atom is 0.342 e. The summed E-state index contributed by atoms with van der Waals surface area (Å²) in [5, 5.41) is 12.6. The fraction of sp³-hybridized carbons (Fsp3) is 0.364. The van der Waals surface area contributed by atoms with Crippen LogP contribution in [0.1, 0.15) is 27.0 Å². The van der Waals surface area contributed by atoms with Crippen molar-refractivity contribution < 1.29 is 24.2 Å². The van der Waals surface area contributed by atoms with Crippen LogP contribution in [0.2, 0.25) is 0 Å². The molecular weight excluding hydrogens is 372 g/mol. The van der Waals surface area contributed by atoms with Crippen molar-refractivity contribution in [3.63, 3.8) is 0 Å². The average Bonchev–Trinajstić information content (AvgIpc) is 2.72. The number of carbonyl (C=O) groups is 2. The molecule has 0 aromatic heterocycles. The SMILES string of the molecule is Cc1ccc(C(=O)OCC(=O)NCc2ccccc2CN2CCOCC2)c(O)c1. The second kappa shape index (κ2) is 10.0. The van der Waals surface area contributed by atoms with Gasteiger partial charge in [0.05, 0.1) is 13.2 Å². The third-order valence-corrected chi connectivity index (χ3v) is 4.80. The molecule has 0 saturated carbocycles. The van der Waals surface area contributed by atoms with Crippen molar-refractivity contribution in [2.45, 2.75) is 20.0 Å². The summed E-state index contributed by atoms with van der Waals surface area (Å²) in [7, 11) is 0. The molecule has 2 aromatic carbocycles. The number of aryl methyl sites for hydroxylation is 1. The highest BCUT2D eigenvalue weighted by Crippen LogP contribution is 2.19. The molecule has 7 nitrogen and oxygen atoms in total. The zero-order valence-electron chi connectivity index (χ0n) is 16.5. The number of hydrogen-bond donors (Lipinski definition) is 2. The van der Waals surface area contributed by atoms with Gasteiger partial charge in [-0.3, -0.25) is 9.69 Å². The van der Waals surface area contributed by atoms with E-state index in [0.29, 0.717) is 6.54 Å². The van der Waals surface area contributed by atoms with Crippen LogP contribution in [0.4, 0.5) is 0 Å². The number of rotatable bonds is 7. The van der Waals surface area contributed by atoms with Crippen LogP contribution in [0.3, 0.4) is 0 Å². The molecule has 29 heavy (non-hydrogen) atoms. The highest BCUT2D eigenvalue weighted by atomic mass is 16.5. The maximum absolute atomic E-state index is 12.1. The van der Waals surface area contributed by atoms with E-state index in [4.69, 9.17) is 9.47 Å². The van der Waals surface area contributed by atoms with Gasteiger partial charge in [-0.15, -0.1) is 0 Å². The average molecular weight is 398 g/mol. The van der Waals surface area contributed by atoms with Crippen LogP contribution in [-0.4, -0.2) is 54.8 Å². The van der Waals surface area contributed by atoms with Crippen LogP contribution >= 0.6 is 0 Å². The van der Waals surface area contributed by atoms with E-state index in [1.54, 1.807) is 13.0 Å². The highest BCUT2D eigenvalue weighted by Gasteiger charge is 2.15. The van der Waals surface area contributed by atoms with Gasteiger partial charge in [0.1, 0.15) is 11.3 Å². The maximum atomic E-state index is 12.1. The van der Waals surface area contributed by atoms with Crippen LogP contribution in [0, 0.1) is 6.92 Å². The molecule has 1 amide bonds.